The molecule has 4 aliphatic rings. The Morgan fingerprint density at radius 3 is 2.23 bits per heavy atom. The Kier molecular flexibility index (Phi) is 5.17. The molecule has 0 spiro atoms. The average molecular weight is 484 g/mol. The Morgan fingerprint density at radius 1 is 1.03 bits per heavy atom. The van der Waals surface area contributed by atoms with Gasteiger partial charge in [0.2, 0.25) is 11.7 Å². The Labute approximate surface area is 207 Å². The molecule has 190 valence electrons. The van der Waals surface area contributed by atoms with Gasteiger partial charge in [0.25, 0.3) is 0 Å². The van der Waals surface area contributed by atoms with E-state index in [-0.39, 0.29) is 46.3 Å². The van der Waals surface area contributed by atoms with E-state index in [1.165, 1.54) is 6.92 Å². The number of carbonyl (C=O) groups excluding carboxylic acids is 2. The summed E-state index contributed by atoms with van der Waals surface area (Å²) in [6.45, 7) is 10.3. The van der Waals surface area contributed by atoms with E-state index in [0.717, 1.165) is 22.3 Å². The normalized spacial score (nSPS) is 33.2. The molecule has 0 unspecified atom stereocenters. The molecule has 0 heterocycles. The SMILES string of the molecule is COc1cc2c(c(OC)c1OC)C1=C([C@H]3C(=O)[C@]4(OC)[C@H]([C@H]13)C(C)(C)C4(C)C)[C@H](NC(C)=O)CC2. The number of carbonyl (C=O) groups is 2. The first-order valence-electron chi connectivity index (χ1n) is 12.4. The summed E-state index contributed by atoms with van der Waals surface area (Å²) in [5.74, 6) is 1.54. The molecule has 1 amide bonds. The van der Waals surface area contributed by atoms with E-state index in [0.29, 0.717) is 30.1 Å². The molecule has 0 aliphatic heterocycles. The highest BCUT2D eigenvalue weighted by molar-refractivity contribution is 6.07. The number of hydrogen-bond acceptors (Lipinski definition) is 6. The number of rotatable bonds is 5. The smallest absolute Gasteiger partial charge is 0.217 e. The number of ether oxygens (including phenoxy) is 4. The number of allylic oxidation sites excluding steroid dienone is 1. The monoisotopic (exact) mass is 483 g/mol. The van der Waals surface area contributed by atoms with Gasteiger partial charge >= 0.3 is 0 Å². The van der Waals surface area contributed by atoms with Gasteiger partial charge in [-0.05, 0) is 41.0 Å². The van der Waals surface area contributed by atoms with Gasteiger partial charge in [-0.1, -0.05) is 27.7 Å². The number of Topliss-reactive ketones (excluding diaryl/α,β-unsaturated/α-hetero) is 1. The third-order valence-corrected chi connectivity index (χ3v) is 10.1. The minimum atomic E-state index is -0.858. The highest BCUT2D eigenvalue weighted by Gasteiger charge is 2.84. The van der Waals surface area contributed by atoms with Crippen LogP contribution in [0, 0.1) is 28.6 Å². The molecule has 1 N–H and O–H groups in total. The van der Waals surface area contributed by atoms with Gasteiger partial charge in [-0.25, -0.2) is 0 Å². The van der Waals surface area contributed by atoms with E-state index in [9.17, 15) is 9.59 Å². The van der Waals surface area contributed by atoms with Crippen molar-refractivity contribution in [3.8, 4) is 17.2 Å². The first kappa shape index (κ1) is 24.2. The van der Waals surface area contributed by atoms with Gasteiger partial charge < -0.3 is 24.3 Å². The van der Waals surface area contributed by atoms with Crippen LogP contribution < -0.4 is 19.5 Å². The van der Waals surface area contributed by atoms with Crippen LogP contribution in [0.25, 0.3) is 5.57 Å². The van der Waals surface area contributed by atoms with Crippen LogP contribution in [0.3, 0.4) is 0 Å². The standard InChI is InChI=1S/C28H37NO6/c1-13(30)29-15-11-10-14-12-16(32-6)22(33-7)23(34-8)17(14)19-18(15)21-20(19)24-26(2,3)27(4,5)28(24,35-9)25(21)31/h12,15,20-21,24H,10-11H2,1-9H3,(H,29,30)/t15-,20-,21-,24-,28-/m1/s1. The summed E-state index contributed by atoms with van der Waals surface area (Å²) in [5, 5.41) is 3.14. The highest BCUT2D eigenvalue weighted by atomic mass is 16.5. The van der Waals surface area contributed by atoms with Crippen LogP contribution >= 0.6 is 0 Å². The number of amides is 1. The average Bonchev–Trinajstić information content (AvgIpc) is 2.92. The summed E-state index contributed by atoms with van der Waals surface area (Å²) >= 11 is 0. The maximum Gasteiger partial charge on any atom is 0.217 e. The van der Waals surface area contributed by atoms with Crippen molar-refractivity contribution in [3.63, 3.8) is 0 Å². The van der Waals surface area contributed by atoms with Crippen molar-refractivity contribution in [3.05, 3.63) is 22.8 Å². The molecule has 2 saturated carbocycles. The fourth-order valence-corrected chi connectivity index (χ4v) is 8.12. The van der Waals surface area contributed by atoms with E-state index < -0.39 is 5.60 Å². The van der Waals surface area contributed by atoms with Crippen LogP contribution in [0.2, 0.25) is 0 Å². The predicted molar refractivity (Wildman–Crippen MR) is 132 cm³/mol. The molecule has 5 rings (SSSR count). The first-order valence-corrected chi connectivity index (χ1v) is 12.4. The van der Waals surface area contributed by atoms with Crippen LogP contribution in [0.5, 0.6) is 17.2 Å². The Morgan fingerprint density at radius 2 is 1.69 bits per heavy atom. The van der Waals surface area contributed by atoms with Gasteiger partial charge in [-0.15, -0.1) is 0 Å². The molecular weight excluding hydrogens is 446 g/mol. The lowest BCUT2D eigenvalue weighted by atomic mass is 9.37. The largest absolute Gasteiger partial charge is 0.493 e. The van der Waals surface area contributed by atoms with Gasteiger partial charge in [-0.2, -0.15) is 0 Å². The second-order valence-corrected chi connectivity index (χ2v) is 11.5. The van der Waals surface area contributed by atoms with E-state index in [2.05, 4.69) is 33.0 Å². The number of nitrogens with one attached hydrogen (secondary N) is 1. The maximum atomic E-state index is 14.2. The van der Waals surface area contributed by atoms with E-state index >= 15 is 0 Å². The minimum Gasteiger partial charge on any atom is -0.493 e. The second kappa shape index (κ2) is 7.48. The number of aryl methyl sites for hydroxylation is 1. The minimum absolute atomic E-state index is 0.0133. The fraction of sp³-hybridized carbons (Fsp3) is 0.643. The molecule has 1 aromatic carbocycles. The maximum absolute atomic E-state index is 14.2. The van der Waals surface area contributed by atoms with Gasteiger partial charge in [-0.3, -0.25) is 9.59 Å². The van der Waals surface area contributed by atoms with Crippen LogP contribution in [-0.4, -0.2) is 51.8 Å². The third kappa shape index (κ3) is 2.55. The lowest BCUT2D eigenvalue weighted by Gasteiger charge is -2.69. The molecule has 0 aromatic heterocycles. The first-order chi connectivity index (χ1) is 16.5. The number of benzene rings is 1. The molecule has 1 aromatic rings. The zero-order valence-electron chi connectivity index (χ0n) is 22.3. The summed E-state index contributed by atoms with van der Waals surface area (Å²) in [6.07, 6.45) is 1.41. The molecule has 7 heteroatoms. The molecule has 0 saturated heterocycles. The number of hydrogen-bond donors (Lipinski definition) is 1. The summed E-state index contributed by atoms with van der Waals surface area (Å²) < 4.78 is 23.5. The third-order valence-electron chi connectivity index (χ3n) is 10.1. The number of ketones is 1. The van der Waals surface area contributed by atoms with Crippen LogP contribution in [-0.2, 0) is 20.7 Å². The number of methoxy groups -OCH3 is 4. The van der Waals surface area contributed by atoms with Crippen molar-refractivity contribution in [2.24, 2.45) is 28.6 Å². The molecule has 0 radical (unpaired) electrons. The zero-order chi connectivity index (χ0) is 25.7. The lowest BCUT2D eigenvalue weighted by molar-refractivity contribution is -0.279. The number of fused-ring (bicyclic) bond motifs is 7. The van der Waals surface area contributed by atoms with Crippen molar-refractivity contribution in [1.82, 2.24) is 5.32 Å². The van der Waals surface area contributed by atoms with Crippen molar-refractivity contribution in [1.29, 1.82) is 0 Å². The summed E-state index contributed by atoms with van der Waals surface area (Å²) in [4.78, 5) is 26.5. The van der Waals surface area contributed by atoms with Crippen molar-refractivity contribution >= 4 is 17.3 Å². The van der Waals surface area contributed by atoms with E-state index in [1.807, 2.05) is 6.07 Å². The quantitative estimate of drug-likeness (QED) is 0.686. The lowest BCUT2D eigenvalue weighted by Crippen LogP contribution is -2.74. The zero-order valence-corrected chi connectivity index (χ0v) is 22.3. The van der Waals surface area contributed by atoms with E-state index in [1.54, 1.807) is 28.4 Å². The van der Waals surface area contributed by atoms with Crippen LogP contribution in [0.1, 0.15) is 52.2 Å². The van der Waals surface area contributed by atoms with Gasteiger partial charge in [0.1, 0.15) is 5.60 Å². The van der Waals surface area contributed by atoms with Gasteiger partial charge in [0, 0.05) is 36.8 Å². The van der Waals surface area contributed by atoms with E-state index in [4.69, 9.17) is 18.9 Å². The van der Waals surface area contributed by atoms with Crippen LogP contribution in [0.4, 0.5) is 0 Å². The second-order valence-electron chi connectivity index (χ2n) is 11.5. The summed E-state index contributed by atoms with van der Waals surface area (Å²) in [6, 6.07) is 1.79. The molecule has 0 bridgehead atoms. The van der Waals surface area contributed by atoms with Crippen molar-refractivity contribution in [2.45, 2.75) is 59.1 Å². The van der Waals surface area contributed by atoms with Gasteiger partial charge in [0.15, 0.2) is 17.3 Å². The molecule has 35 heavy (non-hydrogen) atoms. The molecule has 7 nitrogen and oxygen atoms in total. The predicted octanol–water partition coefficient (Wildman–Crippen LogP) is 3.81. The molecule has 5 atom stereocenters. The summed E-state index contributed by atoms with van der Waals surface area (Å²) in [5.41, 5.74) is 2.87. The molecular formula is C28H37NO6. The topological polar surface area (TPSA) is 83.1 Å². The highest BCUT2D eigenvalue weighted by Crippen LogP contribution is 2.80. The Bertz CT molecular complexity index is 1160. The van der Waals surface area contributed by atoms with Crippen molar-refractivity contribution < 1.29 is 28.5 Å². The fourth-order valence-electron chi connectivity index (χ4n) is 8.12. The summed E-state index contributed by atoms with van der Waals surface area (Å²) in [7, 11) is 6.53. The van der Waals surface area contributed by atoms with Crippen molar-refractivity contribution in [2.75, 3.05) is 28.4 Å². The van der Waals surface area contributed by atoms with Gasteiger partial charge in [0.05, 0.1) is 33.3 Å². The molecule has 2 fully saturated rings. The Hall–Kier alpha value is -2.54. The molecule has 4 aliphatic carbocycles. The van der Waals surface area contributed by atoms with Crippen LogP contribution in [0.15, 0.2) is 11.6 Å². The Balaban J connectivity index is 1.79.